The lowest BCUT2D eigenvalue weighted by atomic mass is 10.2. The van der Waals surface area contributed by atoms with E-state index >= 15 is 0 Å². The molecule has 1 aromatic heterocycles. The minimum absolute atomic E-state index is 0.379. The molecule has 2 rings (SSSR count). The first kappa shape index (κ1) is 15.9. The Hall–Kier alpha value is -1.46. The molecule has 0 fully saturated rings. The Morgan fingerprint density at radius 3 is 2.43 bits per heavy atom. The Morgan fingerprint density at radius 2 is 1.81 bits per heavy atom. The number of hydrogen-bond donors (Lipinski definition) is 0. The zero-order valence-corrected chi connectivity index (χ0v) is 13.4. The van der Waals surface area contributed by atoms with Gasteiger partial charge in [0, 0.05) is 32.4 Å². The van der Waals surface area contributed by atoms with Crippen LogP contribution in [0.25, 0.3) is 11.0 Å². The third-order valence-corrected chi connectivity index (χ3v) is 3.67. The minimum atomic E-state index is 0.379. The lowest BCUT2D eigenvalue weighted by Crippen LogP contribution is -2.04. The Kier molecular flexibility index (Phi) is 5.70. The van der Waals surface area contributed by atoms with Crippen LogP contribution in [0.3, 0.4) is 0 Å². The van der Waals surface area contributed by atoms with Gasteiger partial charge in [-0.2, -0.15) is 0 Å². The number of aryl methyl sites for hydroxylation is 1. The van der Waals surface area contributed by atoms with Gasteiger partial charge >= 0.3 is 0 Å². The molecule has 0 spiro atoms. The standard InChI is InChI=1S/C15H21ClN2O3/c1-19-7-5-4-6-18-12-9-14(21-3)13(20-2)8-11(12)17-15(18)10-16/h8-9H,4-7,10H2,1-3H3. The van der Waals surface area contributed by atoms with Crippen LogP contribution in [0.1, 0.15) is 18.7 Å². The van der Waals surface area contributed by atoms with E-state index in [2.05, 4.69) is 9.55 Å². The van der Waals surface area contributed by atoms with Gasteiger partial charge in [-0.3, -0.25) is 0 Å². The Bertz CT molecular complexity index is 598. The maximum atomic E-state index is 6.02. The molecule has 1 aromatic carbocycles. The first-order valence-corrected chi connectivity index (χ1v) is 7.44. The van der Waals surface area contributed by atoms with E-state index in [4.69, 9.17) is 25.8 Å². The predicted octanol–water partition coefficient (Wildman–Crippen LogP) is 3.22. The average molecular weight is 313 g/mol. The van der Waals surface area contributed by atoms with Crippen molar-refractivity contribution in [3.8, 4) is 11.5 Å². The van der Waals surface area contributed by atoms with Crippen LogP contribution >= 0.6 is 11.6 Å². The Labute approximate surface area is 129 Å². The minimum Gasteiger partial charge on any atom is -0.493 e. The van der Waals surface area contributed by atoms with Crippen molar-refractivity contribution < 1.29 is 14.2 Å². The van der Waals surface area contributed by atoms with Crippen molar-refractivity contribution in [2.75, 3.05) is 27.9 Å². The summed E-state index contributed by atoms with van der Waals surface area (Å²) in [6.07, 6.45) is 2.02. The number of halogens is 1. The number of rotatable bonds is 8. The number of ether oxygens (including phenoxy) is 3. The van der Waals surface area contributed by atoms with E-state index in [0.717, 1.165) is 42.9 Å². The van der Waals surface area contributed by atoms with Gasteiger partial charge in [0.2, 0.25) is 0 Å². The summed E-state index contributed by atoms with van der Waals surface area (Å²) in [7, 11) is 4.97. The second kappa shape index (κ2) is 7.52. The molecule has 0 aliphatic carbocycles. The second-order valence-corrected chi connectivity index (χ2v) is 4.98. The van der Waals surface area contributed by atoms with Gasteiger partial charge in [-0.05, 0) is 12.8 Å². The quantitative estimate of drug-likeness (QED) is 0.554. The highest BCUT2D eigenvalue weighted by Crippen LogP contribution is 2.32. The summed E-state index contributed by atoms with van der Waals surface area (Å²) < 4.78 is 17.9. The molecule has 0 unspecified atom stereocenters. The fourth-order valence-electron chi connectivity index (χ4n) is 2.37. The van der Waals surface area contributed by atoms with Crippen LogP contribution in [-0.2, 0) is 17.2 Å². The molecule has 0 amide bonds. The molecule has 21 heavy (non-hydrogen) atoms. The Balaban J connectivity index is 2.37. The van der Waals surface area contributed by atoms with Crippen molar-refractivity contribution in [2.45, 2.75) is 25.3 Å². The number of unbranched alkanes of at least 4 members (excludes halogenated alkanes) is 1. The molecule has 0 N–H and O–H groups in total. The van der Waals surface area contributed by atoms with Crippen molar-refractivity contribution in [3.63, 3.8) is 0 Å². The smallest absolute Gasteiger partial charge is 0.163 e. The van der Waals surface area contributed by atoms with Crippen molar-refractivity contribution in [1.29, 1.82) is 0 Å². The maximum Gasteiger partial charge on any atom is 0.163 e. The topological polar surface area (TPSA) is 45.5 Å². The molecule has 0 aliphatic rings. The van der Waals surface area contributed by atoms with Crippen LogP contribution in [0, 0.1) is 0 Å². The number of methoxy groups -OCH3 is 3. The molecule has 5 nitrogen and oxygen atoms in total. The lowest BCUT2D eigenvalue weighted by Gasteiger charge is -2.10. The summed E-state index contributed by atoms with van der Waals surface area (Å²) in [4.78, 5) is 4.58. The number of fused-ring (bicyclic) bond motifs is 1. The number of imidazole rings is 1. The van der Waals surface area contributed by atoms with Crippen LogP contribution in [0.15, 0.2) is 12.1 Å². The number of benzene rings is 1. The highest BCUT2D eigenvalue weighted by molar-refractivity contribution is 6.16. The predicted molar refractivity (Wildman–Crippen MR) is 83.5 cm³/mol. The highest BCUT2D eigenvalue weighted by Gasteiger charge is 2.14. The molecule has 1 heterocycles. The van der Waals surface area contributed by atoms with Crippen molar-refractivity contribution in [1.82, 2.24) is 9.55 Å². The summed E-state index contributed by atoms with van der Waals surface area (Å²) >= 11 is 6.02. The maximum absolute atomic E-state index is 6.02. The van der Waals surface area contributed by atoms with Crippen LogP contribution < -0.4 is 9.47 Å². The summed E-state index contributed by atoms with van der Waals surface area (Å²) in [5, 5.41) is 0. The molecule has 0 aliphatic heterocycles. The SMILES string of the molecule is COCCCCn1c(CCl)nc2cc(OC)c(OC)cc21. The van der Waals surface area contributed by atoms with Crippen LogP contribution in [0.4, 0.5) is 0 Å². The van der Waals surface area contributed by atoms with Gasteiger partial charge in [-0.15, -0.1) is 11.6 Å². The average Bonchev–Trinajstić information content (AvgIpc) is 2.86. The van der Waals surface area contributed by atoms with E-state index < -0.39 is 0 Å². The van der Waals surface area contributed by atoms with Crippen LogP contribution in [0.5, 0.6) is 11.5 Å². The van der Waals surface area contributed by atoms with Gasteiger partial charge in [0.1, 0.15) is 5.82 Å². The largest absolute Gasteiger partial charge is 0.493 e. The lowest BCUT2D eigenvalue weighted by molar-refractivity contribution is 0.191. The first-order valence-electron chi connectivity index (χ1n) is 6.91. The normalized spacial score (nSPS) is 11.0. The van der Waals surface area contributed by atoms with E-state index in [1.54, 1.807) is 21.3 Å². The molecule has 2 aromatic rings. The summed E-state index contributed by atoms with van der Waals surface area (Å²) in [6, 6.07) is 3.84. The molecule has 116 valence electrons. The molecule has 0 saturated heterocycles. The third-order valence-electron chi connectivity index (χ3n) is 3.43. The molecular weight excluding hydrogens is 292 g/mol. The third kappa shape index (κ3) is 3.41. The number of aromatic nitrogens is 2. The number of nitrogens with zero attached hydrogens (tertiary/aromatic N) is 2. The van der Waals surface area contributed by atoms with Crippen molar-refractivity contribution in [3.05, 3.63) is 18.0 Å². The van der Waals surface area contributed by atoms with E-state index in [-0.39, 0.29) is 0 Å². The van der Waals surface area contributed by atoms with Gasteiger partial charge in [0.15, 0.2) is 11.5 Å². The van der Waals surface area contributed by atoms with Gasteiger partial charge < -0.3 is 18.8 Å². The Morgan fingerprint density at radius 1 is 1.10 bits per heavy atom. The highest BCUT2D eigenvalue weighted by atomic mass is 35.5. The molecule has 6 heteroatoms. The zero-order valence-electron chi connectivity index (χ0n) is 12.7. The fraction of sp³-hybridized carbons (Fsp3) is 0.533. The van der Waals surface area contributed by atoms with Gasteiger partial charge in [0.05, 0.1) is 31.1 Å². The van der Waals surface area contributed by atoms with E-state index in [9.17, 15) is 0 Å². The molecule has 0 atom stereocenters. The van der Waals surface area contributed by atoms with E-state index in [0.29, 0.717) is 17.4 Å². The molecular formula is C15H21ClN2O3. The number of hydrogen-bond acceptors (Lipinski definition) is 4. The molecule has 0 bridgehead atoms. The van der Waals surface area contributed by atoms with E-state index in [1.165, 1.54) is 0 Å². The van der Waals surface area contributed by atoms with Gasteiger partial charge in [-0.25, -0.2) is 4.98 Å². The fourth-order valence-corrected chi connectivity index (χ4v) is 2.57. The molecule has 0 radical (unpaired) electrons. The van der Waals surface area contributed by atoms with E-state index in [1.807, 2.05) is 12.1 Å². The zero-order chi connectivity index (χ0) is 15.2. The first-order chi connectivity index (χ1) is 10.2. The van der Waals surface area contributed by atoms with Crippen LogP contribution in [0.2, 0.25) is 0 Å². The summed E-state index contributed by atoms with van der Waals surface area (Å²) in [6.45, 7) is 1.62. The summed E-state index contributed by atoms with van der Waals surface area (Å²) in [5.41, 5.74) is 1.88. The van der Waals surface area contributed by atoms with Crippen molar-refractivity contribution >= 4 is 22.6 Å². The van der Waals surface area contributed by atoms with Crippen LogP contribution in [-0.4, -0.2) is 37.5 Å². The number of alkyl halides is 1. The van der Waals surface area contributed by atoms with Gasteiger partial charge in [-0.1, -0.05) is 0 Å². The van der Waals surface area contributed by atoms with Crippen molar-refractivity contribution in [2.24, 2.45) is 0 Å². The monoisotopic (exact) mass is 312 g/mol. The molecule has 0 saturated carbocycles. The second-order valence-electron chi connectivity index (χ2n) is 4.71. The summed E-state index contributed by atoms with van der Waals surface area (Å²) in [5.74, 6) is 2.61. The van der Waals surface area contributed by atoms with Gasteiger partial charge in [0.25, 0.3) is 0 Å².